The van der Waals surface area contributed by atoms with E-state index in [0.717, 1.165) is 28.2 Å². The number of thiophene rings is 1. The average Bonchev–Trinajstić information content (AvgIpc) is 3.21. The molecule has 0 unspecified atom stereocenters. The molecule has 0 saturated carbocycles. The van der Waals surface area contributed by atoms with Gasteiger partial charge in [-0.15, -0.1) is 11.3 Å². The lowest BCUT2D eigenvalue weighted by Gasteiger charge is -1.98. The Morgan fingerprint density at radius 2 is 1.93 bits per heavy atom. The number of ketones is 1. The van der Waals surface area contributed by atoms with Crippen LogP contribution in [0.4, 0.5) is 5.69 Å². The number of aromatic nitrogens is 3. The third kappa shape index (κ3) is 3.38. The van der Waals surface area contributed by atoms with Crippen molar-refractivity contribution in [3.05, 3.63) is 63.8 Å². The van der Waals surface area contributed by atoms with Crippen LogP contribution in [0.15, 0.2) is 46.5 Å². The van der Waals surface area contributed by atoms with Gasteiger partial charge >= 0.3 is 5.69 Å². The highest BCUT2D eigenvalue weighted by Crippen LogP contribution is 2.35. The van der Waals surface area contributed by atoms with Gasteiger partial charge in [-0.1, -0.05) is 23.3 Å². The predicted octanol–water partition coefficient (Wildman–Crippen LogP) is 3.18. The standard InChI is InChI=1S/C21H18N4O3S/c1-11(2)10-13-6-9-15-16(22)19(29-20(15)23-13)18(26)17-21(27)28-24-25(17)14-7-4-12(3)5-8-14/h4-10H,1-3H3,(H2-,22,24,26,27). The molecule has 4 aromatic rings. The van der Waals surface area contributed by atoms with Crippen molar-refractivity contribution in [2.45, 2.75) is 20.8 Å². The molecule has 7 nitrogen and oxygen atoms in total. The maximum absolute atomic E-state index is 13.2. The predicted molar refractivity (Wildman–Crippen MR) is 109 cm³/mol. The van der Waals surface area contributed by atoms with Crippen LogP contribution in [0.2, 0.25) is 0 Å². The van der Waals surface area contributed by atoms with E-state index < -0.39 is 11.7 Å². The van der Waals surface area contributed by atoms with Crippen LogP contribution in [0.3, 0.4) is 0 Å². The Bertz CT molecular complexity index is 1270. The molecular formula is C21H18N4O3S. The molecule has 3 aromatic heterocycles. The van der Waals surface area contributed by atoms with E-state index in [1.807, 2.05) is 51.1 Å². The third-order valence-corrected chi connectivity index (χ3v) is 5.48. The Morgan fingerprint density at radius 3 is 2.62 bits per heavy atom. The second-order valence-electron chi connectivity index (χ2n) is 6.94. The van der Waals surface area contributed by atoms with Crippen LogP contribution < -0.4 is 15.5 Å². The lowest BCUT2D eigenvalue weighted by molar-refractivity contribution is -0.672. The summed E-state index contributed by atoms with van der Waals surface area (Å²) in [7, 11) is 0. The molecule has 2 N–H and O–H groups in total. The number of pyridine rings is 1. The van der Waals surface area contributed by atoms with Crippen LogP contribution in [0.5, 0.6) is 5.95 Å². The summed E-state index contributed by atoms with van der Waals surface area (Å²) < 4.78 is 5.98. The van der Waals surface area contributed by atoms with E-state index in [1.54, 1.807) is 12.1 Å². The zero-order valence-electron chi connectivity index (χ0n) is 16.1. The quantitative estimate of drug-likeness (QED) is 0.412. The summed E-state index contributed by atoms with van der Waals surface area (Å²) in [5.74, 6) is -1.35. The van der Waals surface area contributed by atoms with Crippen LogP contribution >= 0.6 is 11.3 Å². The Morgan fingerprint density at radius 1 is 1.21 bits per heavy atom. The number of carbonyl (C=O) groups excluding carboxylic acids is 1. The zero-order valence-corrected chi connectivity index (χ0v) is 16.9. The van der Waals surface area contributed by atoms with Crippen LogP contribution in [0.25, 0.3) is 22.0 Å². The molecule has 3 heterocycles. The number of hydrogen-bond acceptors (Lipinski definition) is 7. The summed E-state index contributed by atoms with van der Waals surface area (Å²) in [4.78, 5) is 18.6. The minimum Gasteiger partial charge on any atom is -0.539 e. The van der Waals surface area contributed by atoms with E-state index in [-0.39, 0.29) is 10.6 Å². The molecule has 0 amide bonds. The Labute approximate surface area is 170 Å². The summed E-state index contributed by atoms with van der Waals surface area (Å²) in [6, 6.07) is 10.9. The topological polar surface area (TPSA) is 109 Å². The first kappa shape index (κ1) is 18.8. The number of rotatable bonds is 4. The maximum atomic E-state index is 13.2. The molecule has 0 aliphatic carbocycles. The largest absolute Gasteiger partial charge is 0.539 e. The van der Waals surface area contributed by atoms with Crippen molar-refractivity contribution in [2.24, 2.45) is 0 Å². The van der Waals surface area contributed by atoms with Gasteiger partial charge in [0, 0.05) is 17.5 Å². The summed E-state index contributed by atoms with van der Waals surface area (Å²) in [5.41, 5.74) is 9.80. The molecule has 0 aliphatic heterocycles. The van der Waals surface area contributed by atoms with Gasteiger partial charge in [-0.2, -0.15) is 0 Å². The van der Waals surface area contributed by atoms with Gasteiger partial charge in [0.2, 0.25) is 5.69 Å². The van der Waals surface area contributed by atoms with E-state index in [4.69, 9.17) is 10.3 Å². The molecule has 4 rings (SSSR count). The van der Waals surface area contributed by atoms with E-state index >= 15 is 0 Å². The second kappa shape index (κ2) is 7.14. The van der Waals surface area contributed by atoms with Crippen molar-refractivity contribution in [1.82, 2.24) is 10.3 Å². The van der Waals surface area contributed by atoms with Crippen molar-refractivity contribution in [3.8, 4) is 11.6 Å². The minimum absolute atomic E-state index is 0.198. The molecule has 1 aromatic carbocycles. The third-order valence-electron chi connectivity index (χ3n) is 4.36. The smallest absolute Gasteiger partial charge is 0.312 e. The molecule has 0 radical (unpaired) electrons. The van der Waals surface area contributed by atoms with Gasteiger partial charge in [0.25, 0.3) is 5.78 Å². The first-order chi connectivity index (χ1) is 13.8. The molecule has 0 saturated heterocycles. The van der Waals surface area contributed by atoms with E-state index in [9.17, 15) is 9.90 Å². The number of nitrogen functional groups attached to an aromatic ring is 1. The zero-order chi connectivity index (χ0) is 20.7. The van der Waals surface area contributed by atoms with Crippen molar-refractivity contribution in [2.75, 3.05) is 5.73 Å². The fraction of sp³-hybridized carbons (Fsp3) is 0.143. The van der Waals surface area contributed by atoms with Gasteiger partial charge in [-0.3, -0.25) is 4.79 Å². The molecule has 8 heteroatoms. The highest BCUT2D eigenvalue weighted by molar-refractivity contribution is 7.21. The fourth-order valence-corrected chi connectivity index (χ4v) is 4.01. The fourth-order valence-electron chi connectivity index (χ4n) is 2.96. The Balaban J connectivity index is 1.82. The number of aryl methyl sites for hydroxylation is 1. The second-order valence-corrected chi connectivity index (χ2v) is 7.94. The number of carbonyl (C=O) groups is 1. The van der Waals surface area contributed by atoms with Gasteiger partial charge in [0.1, 0.15) is 9.71 Å². The van der Waals surface area contributed by atoms with Crippen molar-refractivity contribution in [1.29, 1.82) is 0 Å². The van der Waals surface area contributed by atoms with E-state index in [2.05, 4.69) is 10.3 Å². The summed E-state index contributed by atoms with van der Waals surface area (Å²) in [6.07, 6.45) is 1.94. The van der Waals surface area contributed by atoms with Crippen LogP contribution in [-0.2, 0) is 0 Å². The van der Waals surface area contributed by atoms with Crippen LogP contribution in [-0.4, -0.2) is 16.0 Å². The van der Waals surface area contributed by atoms with Crippen molar-refractivity contribution >= 4 is 39.1 Å². The molecule has 0 atom stereocenters. The highest BCUT2D eigenvalue weighted by Gasteiger charge is 2.32. The van der Waals surface area contributed by atoms with Gasteiger partial charge in [0.15, 0.2) is 5.95 Å². The first-order valence-electron chi connectivity index (χ1n) is 8.90. The average molecular weight is 406 g/mol. The Kier molecular flexibility index (Phi) is 4.63. The lowest BCUT2D eigenvalue weighted by atomic mass is 10.1. The number of anilines is 1. The lowest BCUT2D eigenvalue weighted by Crippen LogP contribution is -2.39. The van der Waals surface area contributed by atoms with Crippen LogP contribution in [0.1, 0.15) is 40.5 Å². The van der Waals surface area contributed by atoms with Gasteiger partial charge < -0.3 is 15.4 Å². The van der Waals surface area contributed by atoms with Gasteiger partial charge in [0.05, 0.1) is 16.7 Å². The number of benzene rings is 1. The molecule has 146 valence electrons. The Hall–Kier alpha value is -3.52. The summed E-state index contributed by atoms with van der Waals surface area (Å²) in [5, 5.41) is 16.7. The molecular weight excluding hydrogens is 388 g/mol. The minimum atomic E-state index is -0.814. The highest BCUT2D eigenvalue weighted by atomic mass is 32.1. The summed E-state index contributed by atoms with van der Waals surface area (Å²) in [6.45, 7) is 5.90. The molecule has 0 spiro atoms. The number of fused-ring (bicyclic) bond motifs is 1. The molecule has 0 fully saturated rings. The molecule has 0 aliphatic rings. The summed E-state index contributed by atoms with van der Waals surface area (Å²) >= 11 is 1.15. The molecule has 0 bridgehead atoms. The number of hydrogen-bond donors (Lipinski definition) is 1. The van der Waals surface area contributed by atoms with E-state index in [1.165, 1.54) is 4.68 Å². The van der Waals surface area contributed by atoms with Crippen molar-refractivity contribution in [3.63, 3.8) is 0 Å². The normalized spacial score (nSPS) is 11.0. The molecule has 29 heavy (non-hydrogen) atoms. The maximum Gasteiger partial charge on any atom is 0.312 e. The first-order valence-corrected chi connectivity index (χ1v) is 9.71. The van der Waals surface area contributed by atoms with Gasteiger partial charge in [-0.25, -0.2) is 4.98 Å². The van der Waals surface area contributed by atoms with E-state index in [0.29, 0.717) is 21.6 Å². The monoisotopic (exact) mass is 406 g/mol. The number of allylic oxidation sites excluding steroid dienone is 1. The van der Waals surface area contributed by atoms with Gasteiger partial charge in [-0.05, 0) is 43.7 Å². The number of nitrogens with zero attached hydrogens (tertiary/aromatic N) is 3. The SMILES string of the molecule is CC(C)=Cc1ccc2c(N)c(C(=O)c3c([O-])on[n+]3-c3ccc(C)cc3)sc2n1. The van der Waals surface area contributed by atoms with Crippen LogP contribution in [0, 0.1) is 6.92 Å². The number of nitrogens with two attached hydrogens (primary N) is 1. The van der Waals surface area contributed by atoms with Crippen molar-refractivity contribution < 1.29 is 19.1 Å².